The Morgan fingerprint density at radius 1 is 1.40 bits per heavy atom. The molecule has 1 heterocycles. The fourth-order valence-corrected chi connectivity index (χ4v) is 2.00. The zero-order chi connectivity index (χ0) is 14.8. The summed E-state index contributed by atoms with van der Waals surface area (Å²) in [4.78, 5) is 8.04. The zero-order valence-electron chi connectivity index (χ0n) is 12.9. The third kappa shape index (κ3) is 6.00. The van der Waals surface area contributed by atoms with Crippen molar-refractivity contribution in [3.63, 3.8) is 0 Å². The first kappa shape index (κ1) is 16.4. The van der Waals surface area contributed by atoms with Gasteiger partial charge in [0.05, 0.1) is 12.9 Å². The molecule has 3 nitrogen and oxygen atoms in total. The van der Waals surface area contributed by atoms with Gasteiger partial charge in [-0.25, -0.2) is 9.97 Å². The van der Waals surface area contributed by atoms with Crippen LogP contribution in [0.25, 0.3) is 0 Å². The molecular formula is C17H26N2O. The molecule has 110 valence electrons. The van der Waals surface area contributed by atoms with Crippen LogP contribution >= 0.6 is 0 Å². The van der Waals surface area contributed by atoms with E-state index in [0.29, 0.717) is 5.92 Å². The minimum absolute atomic E-state index is 0.514. The highest BCUT2D eigenvalue weighted by Gasteiger charge is 2.06. The third-order valence-electron chi connectivity index (χ3n) is 3.51. The SMILES string of the molecule is C=C(/C=C(/CCc1cncnc1)OC)C(C)CCCC. The lowest BCUT2D eigenvalue weighted by Crippen LogP contribution is -1.99. The molecule has 0 spiro atoms. The molecule has 0 N–H and O–H groups in total. The number of nitrogens with zero attached hydrogens (tertiary/aromatic N) is 2. The average Bonchev–Trinajstić information content (AvgIpc) is 2.49. The Morgan fingerprint density at radius 2 is 2.10 bits per heavy atom. The largest absolute Gasteiger partial charge is 0.501 e. The molecule has 1 aromatic heterocycles. The zero-order valence-corrected chi connectivity index (χ0v) is 12.9. The van der Waals surface area contributed by atoms with Crippen molar-refractivity contribution in [3.05, 3.63) is 48.3 Å². The summed E-state index contributed by atoms with van der Waals surface area (Å²) < 4.78 is 5.46. The van der Waals surface area contributed by atoms with E-state index < -0.39 is 0 Å². The normalized spacial score (nSPS) is 13.1. The van der Waals surface area contributed by atoms with Crippen molar-refractivity contribution in [1.82, 2.24) is 9.97 Å². The Labute approximate surface area is 122 Å². The maximum Gasteiger partial charge on any atom is 0.115 e. The molecule has 0 fully saturated rings. The summed E-state index contributed by atoms with van der Waals surface area (Å²) in [6.45, 7) is 8.61. The second-order valence-electron chi connectivity index (χ2n) is 5.18. The van der Waals surface area contributed by atoms with Gasteiger partial charge in [-0.1, -0.05) is 33.3 Å². The third-order valence-corrected chi connectivity index (χ3v) is 3.51. The van der Waals surface area contributed by atoms with Crippen molar-refractivity contribution in [1.29, 1.82) is 0 Å². The van der Waals surface area contributed by atoms with E-state index in [1.54, 1.807) is 13.4 Å². The minimum Gasteiger partial charge on any atom is -0.501 e. The van der Waals surface area contributed by atoms with Gasteiger partial charge >= 0.3 is 0 Å². The Balaban J connectivity index is 2.52. The van der Waals surface area contributed by atoms with Crippen LogP contribution in [-0.2, 0) is 11.2 Å². The van der Waals surface area contributed by atoms with Gasteiger partial charge in [-0.2, -0.15) is 0 Å². The maximum absolute atomic E-state index is 5.46. The number of aromatic nitrogens is 2. The fraction of sp³-hybridized carbons (Fsp3) is 0.529. The Bertz CT molecular complexity index is 426. The van der Waals surface area contributed by atoms with Crippen LogP contribution in [0, 0.1) is 5.92 Å². The van der Waals surface area contributed by atoms with Gasteiger partial charge in [0.1, 0.15) is 6.33 Å². The van der Waals surface area contributed by atoms with E-state index in [-0.39, 0.29) is 0 Å². The van der Waals surface area contributed by atoms with Gasteiger partial charge in [0.2, 0.25) is 0 Å². The van der Waals surface area contributed by atoms with Crippen molar-refractivity contribution in [3.8, 4) is 0 Å². The summed E-state index contributed by atoms with van der Waals surface area (Å²) in [5, 5.41) is 0. The van der Waals surface area contributed by atoms with Gasteiger partial charge in [-0.15, -0.1) is 0 Å². The first-order chi connectivity index (χ1) is 9.67. The van der Waals surface area contributed by atoms with Gasteiger partial charge in [0, 0.05) is 18.8 Å². The molecule has 1 rings (SSSR count). The van der Waals surface area contributed by atoms with Crippen LogP contribution < -0.4 is 0 Å². The molecule has 1 atom stereocenters. The highest BCUT2D eigenvalue weighted by atomic mass is 16.5. The van der Waals surface area contributed by atoms with Crippen LogP contribution in [0.2, 0.25) is 0 Å². The number of hydrogen-bond acceptors (Lipinski definition) is 3. The number of ether oxygens (including phenoxy) is 1. The van der Waals surface area contributed by atoms with Crippen LogP contribution in [0.5, 0.6) is 0 Å². The van der Waals surface area contributed by atoms with E-state index in [2.05, 4.69) is 36.5 Å². The number of allylic oxidation sites excluding steroid dienone is 3. The van der Waals surface area contributed by atoms with E-state index in [1.165, 1.54) is 19.3 Å². The van der Waals surface area contributed by atoms with Crippen molar-refractivity contribution in [2.24, 2.45) is 5.92 Å². The molecule has 0 saturated heterocycles. The van der Waals surface area contributed by atoms with Gasteiger partial charge in [0.25, 0.3) is 0 Å². The number of rotatable bonds is 9. The highest BCUT2D eigenvalue weighted by molar-refractivity contribution is 5.20. The Kier molecular flexibility index (Phi) is 7.63. The maximum atomic E-state index is 5.46. The van der Waals surface area contributed by atoms with E-state index in [1.807, 2.05) is 12.4 Å². The van der Waals surface area contributed by atoms with E-state index in [0.717, 1.165) is 29.7 Å². The second kappa shape index (κ2) is 9.29. The monoisotopic (exact) mass is 274 g/mol. The van der Waals surface area contributed by atoms with Crippen molar-refractivity contribution in [2.75, 3.05) is 7.11 Å². The topological polar surface area (TPSA) is 35.0 Å². The van der Waals surface area contributed by atoms with Crippen LogP contribution in [0.3, 0.4) is 0 Å². The first-order valence-electron chi connectivity index (χ1n) is 7.34. The molecule has 1 unspecified atom stereocenters. The molecule has 0 aliphatic heterocycles. The Hall–Kier alpha value is -1.64. The van der Waals surface area contributed by atoms with E-state index in [4.69, 9.17) is 4.74 Å². The summed E-state index contributed by atoms with van der Waals surface area (Å²) >= 11 is 0. The molecule has 0 aliphatic rings. The van der Waals surface area contributed by atoms with Crippen molar-refractivity contribution < 1.29 is 4.74 Å². The number of aryl methyl sites for hydroxylation is 1. The van der Waals surface area contributed by atoms with E-state index in [9.17, 15) is 0 Å². The fourth-order valence-electron chi connectivity index (χ4n) is 2.00. The van der Waals surface area contributed by atoms with Gasteiger partial charge in [-0.05, 0) is 36.0 Å². The molecule has 0 aliphatic carbocycles. The van der Waals surface area contributed by atoms with Gasteiger partial charge < -0.3 is 4.74 Å². The smallest absolute Gasteiger partial charge is 0.115 e. The second-order valence-corrected chi connectivity index (χ2v) is 5.18. The first-order valence-corrected chi connectivity index (χ1v) is 7.34. The van der Waals surface area contributed by atoms with Crippen molar-refractivity contribution >= 4 is 0 Å². The summed E-state index contributed by atoms with van der Waals surface area (Å²) in [5.74, 6) is 1.49. The predicted molar refractivity (Wildman–Crippen MR) is 83.3 cm³/mol. The molecule has 0 amide bonds. The predicted octanol–water partition coefficient (Wildman–Crippen LogP) is 4.32. The summed E-state index contributed by atoms with van der Waals surface area (Å²) in [5.41, 5.74) is 2.28. The van der Waals surface area contributed by atoms with Crippen molar-refractivity contribution in [2.45, 2.75) is 46.0 Å². The molecule has 1 aromatic rings. The molecule has 20 heavy (non-hydrogen) atoms. The molecule has 0 aromatic carbocycles. The number of unbranched alkanes of at least 4 members (excludes halogenated alkanes) is 1. The van der Waals surface area contributed by atoms with Gasteiger partial charge in [0.15, 0.2) is 0 Å². The number of methoxy groups -OCH3 is 1. The lowest BCUT2D eigenvalue weighted by Gasteiger charge is -2.13. The van der Waals surface area contributed by atoms with Gasteiger partial charge in [-0.3, -0.25) is 0 Å². The molecule has 0 radical (unpaired) electrons. The molecule has 3 heteroatoms. The average molecular weight is 274 g/mol. The lowest BCUT2D eigenvalue weighted by molar-refractivity contribution is 0.276. The van der Waals surface area contributed by atoms with Crippen LogP contribution in [-0.4, -0.2) is 17.1 Å². The molecule has 0 saturated carbocycles. The summed E-state index contributed by atoms with van der Waals surface area (Å²) in [6, 6.07) is 0. The number of hydrogen-bond donors (Lipinski definition) is 0. The quantitative estimate of drug-likeness (QED) is 0.497. The van der Waals surface area contributed by atoms with Crippen LogP contribution in [0.1, 0.15) is 45.1 Å². The standard InChI is InChI=1S/C17H26N2O/c1-5-6-7-14(2)15(3)10-17(20-4)9-8-16-11-18-13-19-12-16/h10-14H,3,5-9H2,1-2,4H3/b17-10-. The summed E-state index contributed by atoms with van der Waals surface area (Å²) in [7, 11) is 1.72. The molecule has 0 bridgehead atoms. The highest BCUT2D eigenvalue weighted by Crippen LogP contribution is 2.20. The van der Waals surface area contributed by atoms with Crippen LogP contribution in [0.4, 0.5) is 0 Å². The van der Waals surface area contributed by atoms with Crippen LogP contribution in [0.15, 0.2) is 42.7 Å². The van der Waals surface area contributed by atoms with E-state index >= 15 is 0 Å². The molecular weight excluding hydrogens is 248 g/mol. The summed E-state index contributed by atoms with van der Waals surface area (Å²) in [6.07, 6.45) is 12.7. The Morgan fingerprint density at radius 3 is 2.70 bits per heavy atom. The lowest BCUT2D eigenvalue weighted by atomic mass is 9.95. The minimum atomic E-state index is 0.514.